The molecule has 1 heterocycles. The summed E-state index contributed by atoms with van der Waals surface area (Å²) in [4.78, 5) is 22.3. The van der Waals surface area contributed by atoms with Gasteiger partial charge in [-0.1, -0.05) is 18.2 Å². The van der Waals surface area contributed by atoms with Crippen molar-refractivity contribution in [2.75, 3.05) is 12.1 Å². The number of aryl methyl sites for hydroxylation is 1. The third-order valence-corrected chi connectivity index (χ3v) is 2.73. The van der Waals surface area contributed by atoms with Crippen molar-refractivity contribution in [2.45, 2.75) is 6.92 Å². The van der Waals surface area contributed by atoms with E-state index in [0.717, 1.165) is 5.69 Å². The van der Waals surface area contributed by atoms with Gasteiger partial charge in [-0.25, -0.2) is 0 Å². The van der Waals surface area contributed by atoms with Gasteiger partial charge in [0.2, 0.25) is 5.69 Å². The van der Waals surface area contributed by atoms with Crippen molar-refractivity contribution in [1.82, 2.24) is 15.6 Å². The van der Waals surface area contributed by atoms with Crippen molar-refractivity contribution < 1.29 is 9.72 Å². The van der Waals surface area contributed by atoms with Crippen molar-refractivity contribution in [1.29, 1.82) is 0 Å². The van der Waals surface area contributed by atoms with E-state index in [2.05, 4.69) is 15.6 Å². The van der Waals surface area contributed by atoms with Crippen LogP contribution in [0.3, 0.4) is 0 Å². The van der Waals surface area contributed by atoms with Crippen LogP contribution in [0.25, 0.3) is 0 Å². The largest absolute Gasteiger partial charge is 0.322 e. The van der Waals surface area contributed by atoms with Crippen LogP contribution in [0.5, 0.6) is 0 Å². The lowest BCUT2D eigenvalue weighted by atomic mass is 10.3. The van der Waals surface area contributed by atoms with Gasteiger partial charge in [0.25, 0.3) is 5.91 Å². The summed E-state index contributed by atoms with van der Waals surface area (Å²) in [5, 5.41) is 18.5. The Bertz CT molecular complexity index is 638. The Morgan fingerprint density at radius 2 is 2.05 bits per heavy atom. The molecule has 104 valence electrons. The number of carbonyl (C=O) groups is 1. The highest BCUT2D eigenvalue weighted by Gasteiger charge is 2.27. The van der Waals surface area contributed by atoms with E-state index in [4.69, 9.17) is 0 Å². The molecule has 1 aromatic carbocycles. The third kappa shape index (κ3) is 2.58. The second kappa shape index (κ2) is 5.39. The summed E-state index contributed by atoms with van der Waals surface area (Å²) in [6.45, 7) is 1.49. The first kappa shape index (κ1) is 13.5. The molecule has 2 rings (SSSR count). The van der Waals surface area contributed by atoms with Crippen LogP contribution in [0.15, 0.2) is 30.3 Å². The maximum absolute atomic E-state index is 12.0. The van der Waals surface area contributed by atoms with Crippen LogP contribution < -0.4 is 10.4 Å². The molecule has 0 unspecified atom stereocenters. The fourth-order valence-corrected chi connectivity index (χ4v) is 1.73. The fourth-order valence-electron chi connectivity index (χ4n) is 1.73. The molecular formula is C12H13N5O3. The Morgan fingerprint density at radius 1 is 1.40 bits per heavy atom. The molecule has 0 atom stereocenters. The Morgan fingerprint density at radius 3 is 2.65 bits per heavy atom. The summed E-state index contributed by atoms with van der Waals surface area (Å²) in [6.07, 6.45) is 0. The lowest BCUT2D eigenvalue weighted by Gasteiger charge is -2.19. The number of H-pyrrole nitrogens is 1. The van der Waals surface area contributed by atoms with Crippen LogP contribution >= 0.6 is 0 Å². The minimum Gasteiger partial charge on any atom is -0.288 e. The zero-order valence-corrected chi connectivity index (χ0v) is 11.0. The number of amides is 1. The number of rotatable bonds is 4. The van der Waals surface area contributed by atoms with Crippen LogP contribution in [0.4, 0.5) is 11.4 Å². The van der Waals surface area contributed by atoms with Crippen LogP contribution in [-0.4, -0.2) is 28.1 Å². The molecule has 20 heavy (non-hydrogen) atoms. The Balaban J connectivity index is 2.19. The number of para-hydroxylation sites is 1. The van der Waals surface area contributed by atoms with E-state index in [1.807, 2.05) is 18.2 Å². The minimum atomic E-state index is -0.646. The first-order valence-corrected chi connectivity index (χ1v) is 5.80. The molecule has 0 aliphatic carbocycles. The van der Waals surface area contributed by atoms with E-state index in [1.165, 1.54) is 11.9 Å². The summed E-state index contributed by atoms with van der Waals surface area (Å²) in [7, 11) is 1.64. The van der Waals surface area contributed by atoms with Gasteiger partial charge in [-0.15, -0.1) is 0 Å². The van der Waals surface area contributed by atoms with Gasteiger partial charge in [0.05, 0.1) is 10.6 Å². The number of hydrogen-bond acceptors (Lipinski definition) is 5. The van der Waals surface area contributed by atoms with Gasteiger partial charge >= 0.3 is 5.69 Å². The van der Waals surface area contributed by atoms with Crippen molar-refractivity contribution in [3.05, 3.63) is 51.8 Å². The molecule has 0 saturated carbocycles. The Labute approximate surface area is 114 Å². The quantitative estimate of drug-likeness (QED) is 0.648. The Hall–Kier alpha value is -2.90. The van der Waals surface area contributed by atoms with Crippen LogP contribution in [0.1, 0.15) is 16.2 Å². The standard InChI is InChI=1S/C12H13N5O3/c1-8-11(17(19)20)10(14-13-8)12(18)15-16(2)9-6-4-3-5-7-9/h3-7H,1-2H3,(H,13,14)(H,15,18). The second-order valence-electron chi connectivity index (χ2n) is 4.14. The maximum atomic E-state index is 12.0. The molecule has 1 amide bonds. The highest BCUT2D eigenvalue weighted by molar-refractivity contribution is 5.97. The monoisotopic (exact) mass is 275 g/mol. The normalized spacial score (nSPS) is 10.1. The number of nitrogens with one attached hydrogen (secondary N) is 2. The van der Waals surface area contributed by atoms with E-state index in [9.17, 15) is 14.9 Å². The molecule has 0 bridgehead atoms. The van der Waals surface area contributed by atoms with Gasteiger partial charge in [0.15, 0.2) is 0 Å². The van der Waals surface area contributed by atoms with Crippen LogP contribution in [-0.2, 0) is 0 Å². The third-order valence-electron chi connectivity index (χ3n) is 2.73. The fraction of sp³-hybridized carbons (Fsp3) is 0.167. The molecule has 2 aromatic rings. The summed E-state index contributed by atoms with van der Waals surface area (Å²) < 4.78 is 0. The molecule has 8 heteroatoms. The van der Waals surface area contributed by atoms with Crippen molar-refractivity contribution in [3.8, 4) is 0 Å². The number of nitro groups is 1. The smallest absolute Gasteiger partial charge is 0.288 e. The molecule has 0 fully saturated rings. The summed E-state index contributed by atoms with van der Waals surface area (Å²) >= 11 is 0. The van der Waals surface area contributed by atoms with E-state index in [-0.39, 0.29) is 17.1 Å². The van der Waals surface area contributed by atoms with Gasteiger partial charge in [0.1, 0.15) is 5.69 Å². The predicted octanol–water partition coefficient (Wildman–Crippen LogP) is 1.41. The Kier molecular flexibility index (Phi) is 3.65. The number of carbonyl (C=O) groups excluding carboxylic acids is 1. The predicted molar refractivity (Wildman–Crippen MR) is 72.3 cm³/mol. The molecule has 0 aliphatic heterocycles. The van der Waals surface area contributed by atoms with Gasteiger partial charge < -0.3 is 0 Å². The molecule has 2 N–H and O–H groups in total. The summed E-state index contributed by atoms with van der Waals surface area (Å²) in [6, 6.07) is 9.08. The number of benzene rings is 1. The first-order chi connectivity index (χ1) is 9.50. The lowest BCUT2D eigenvalue weighted by molar-refractivity contribution is -0.385. The molecular weight excluding hydrogens is 262 g/mol. The lowest BCUT2D eigenvalue weighted by Crippen LogP contribution is -2.39. The van der Waals surface area contributed by atoms with Gasteiger partial charge in [-0.3, -0.25) is 30.4 Å². The average Bonchev–Trinajstić information content (AvgIpc) is 2.81. The first-order valence-electron chi connectivity index (χ1n) is 5.80. The zero-order valence-electron chi connectivity index (χ0n) is 11.0. The van der Waals surface area contributed by atoms with Gasteiger partial charge in [0, 0.05) is 7.05 Å². The number of nitrogens with zero attached hydrogens (tertiary/aromatic N) is 3. The zero-order chi connectivity index (χ0) is 14.7. The molecule has 0 radical (unpaired) electrons. The molecule has 8 nitrogen and oxygen atoms in total. The second-order valence-corrected chi connectivity index (χ2v) is 4.14. The van der Waals surface area contributed by atoms with E-state index in [0.29, 0.717) is 0 Å². The highest BCUT2D eigenvalue weighted by atomic mass is 16.6. The molecule has 1 aromatic heterocycles. The molecule has 0 spiro atoms. The minimum absolute atomic E-state index is 0.238. The van der Waals surface area contributed by atoms with E-state index in [1.54, 1.807) is 19.2 Å². The SMILES string of the molecule is Cc1[nH]nc(C(=O)NN(C)c2ccccc2)c1[N+](=O)[O-]. The van der Waals surface area contributed by atoms with Gasteiger partial charge in [-0.05, 0) is 19.1 Å². The van der Waals surface area contributed by atoms with E-state index >= 15 is 0 Å². The number of aromatic nitrogens is 2. The topological polar surface area (TPSA) is 104 Å². The van der Waals surface area contributed by atoms with Crippen molar-refractivity contribution in [2.24, 2.45) is 0 Å². The number of anilines is 1. The van der Waals surface area contributed by atoms with Gasteiger partial charge in [-0.2, -0.15) is 5.10 Å². The van der Waals surface area contributed by atoms with E-state index < -0.39 is 10.8 Å². The number of hydrazine groups is 1. The van der Waals surface area contributed by atoms with Crippen molar-refractivity contribution in [3.63, 3.8) is 0 Å². The summed E-state index contributed by atoms with van der Waals surface area (Å²) in [5.74, 6) is -0.646. The maximum Gasteiger partial charge on any atom is 0.322 e. The molecule has 0 saturated heterocycles. The average molecular weight is 275 g/mol. The number of hydrogen-bond donors (Lipinski definition) is 2. The van der Waals surface area contributed by atoms with Crippen LogP contribution in [0, 0.1) is 17.0 Å². The molecule has 0 aliphatic rings. The highest BCUT2D eigenvalue weighted by Crippen LogP contribution is 2.20. The number of aromatic amines is 1. The summed E-state index contributed by atoms with van der Waals surface area (Å²) in [5.41, 5.74) is 2.96. The van der Waals surface area contributed by atoms with Crippen LogP contribution in [0.2, 0.25) is 0 Å². The van der Waals surface area contributed by atoms with Crippen molar-refractivity contribution >= 4 is 17.3 Å².